The normalized spacial score (nSPS) is 11.4. The first-order valence-electron chi connectivity index (χ1n) is 7.23. The number of sulfonamides is 1. The highest BCUT2D eigenvalue weighted by Gasteiger charge is 2.19. The van der Waals surface area contributed by atoms with Crippen molar-refractivity contribution in [2.24, 2.45) is 0 Å². The number of benzene rings is 1. The molecular formula is C14H12N6O6S. The van der Waals surface area contributed by atoms with E-state index in [1.165, 1.54) is 23.0 Å². The van der Waals surface area contributed by atoms with Crippen molar-refractivity contribution in [1.82, 2.24) is 14.5 Å². The second kappa shape index (κ2) is 6.21. The lowest BCUT2D eigenvalue weighted by molar-refractivity contribution is -0.384. The maximum absolute atomic E-state index is 12.0. The van der Waals surface area contributed by atoms with E-state index in [4.69, 9.17) is 5.73 Å². The number of anilines is 2. The molecule has 2 heterocycles. The summed E-state index contributed by atoms with van der Waals surface area (Å²) in [6.07, 6.45) is 3.34. The van der Waals surface area contributed by atoms with Crippen molar-refractivity contribution in [1.29, 1.82) is 0 Å². The number of aromatic amines is 1. The van der Waals surface area contributed by atoms with Crippen LogP contribution in [0.3, 0.4) is 0 Å². The third kappa shape index (κ3) is 3.62. The van der Waals surface area contributed by atoms with E-state index in [2.05, 4.69) is 9.97 Å². The molecule has 13 heteroatoms. The molecule has 0 atom stereocenters. The van der Waals surface area contributed by atoms with Gasteiger partial charge in [-0.05, 0) is 6.07 Å². The van der Waals surface area contributed by atoms with Gasteiger partial charge in [0.05, 0.1) is 27.9 Å². The average molecular weight is 392 g/mol. The van der Waals surface area contributed by atoms with E-state index in [1.54, 1.807) is 0 Å². The van der Waals surface area contributed by atoms with E-state index >= 15 is 0 Å². The van der Waals surface area contributed by atoms with Crippen molar-refractivity contribution in [2.75, 3.05) is 16.7 Å². The van der Waals surface area contributed by atoms with Crippen LogP contribution in [0.25, 0.3) is 16.7 Å². The Balaban J connectivity index is 2.31. The molecule has 0 unspecified atom stereocenters. The maximum atomic E-state index is 12.0. The van der Waals surface area contributed by atoms with E-state index in [9.17, 15) is 28.1 Å². The van der Waals surface area contributed by atoms with Gasteiger partial charge in [-0.2, -0.15) is 0 Å². The third-order valence-electron chi connectivity index (χ3n) is 3.49. The molecule has 0 aliphatic carbocycles. The quantitative estimate of drug-likeness (QED) is 0.407. The van der Waals surface area contributed by atoms with Crippen LogP contribution in [0.1, 0.15) is 0 Å². The van der Waals surface area contributed by atoms with E-state index in [-0.39, 0.29) is 28.1 Å². The number of aromatic nitrogens is 3. The van der Waals surface area contributed by atoms with Crippen LogP contribution in [-0.4, -0.2) is 34.1 Å². The van der Waals surface area contributed by atoms with E-state index < -0.39 is 31.8 Å². The van der Waals surface area contributed by atoms with Crippen LogP contribution >= 0.6 is 0 Å². The lowest BCUT2D eigenvalue weighted by atomic mass is 10.2. The minimum Gasteiger partial charge on any atom is -0.394 e. The molecule has 4 N–H and O–H groups in total. The summed E-state index contributed by atoms with van der Waals surface area (Å²) < 4.78 is 25.9. The third-order valence-corrected chi connectivity index (χ3v) is 4.06. The molecular weight excluding hydrogens is 380 g/mol. The van der Waals surface area contributed by atoms with E-state index in [0.717, 1.165) is 18.4 Å². The molecule has 12 nitrogen and oxygen atoms in total. The summed E-state index contributed by atoms with van der Waals surface area (Å²) >= 11 is 0. The Morgan fingerprint density at radius 1 is 1.33 bits per heavy atom. The molecule has 0 bridgehead atoms. The predicted molar refractivity (Wildman–Crippen MR) is 97.5 cm³/mol. The Hall–Kier alpha value is -3.74. The van der Waals surface area contributed by atoms with Gasteiger partial charge in [-0.25, -0.2) is 13.4 Å². The van der Waals surface area contributed by atoms with Gasteiger partial charge in [0.1, 0.15) is 5.69 Å². The highest BCUT2D eigenvalue weighted by molar-refractivity contribution is 7.92. The summed E-state index contributed by atoms with van der Waals surface area (Å²) in [5.74, 6) is -0.482. The van der Waals surface area contributed by atoms with Gasteiger partial charge >= 0.3 is 0 Å². The fourth-order valence-electron chi connectivity index (χ4n) is 2.36. The Kier molecular flexibility index (Phi) is 4.15. The molecule has 0 fully saturated rings. The van der Waals surface area contributed by atoms with E-state index in [1.807, 2.05) is 4.72 Å². The van der Waals surface area contributed by atoms with Crippen LogP contribution in [0.4, 0.5) is 17.2 Å². The van der Waals surface area contributed by atoms with Gasteiger partial charge in [0, 0.05) is 24.5 Å². The van der Waals surface area contributed by atoms with Crippen molar-refractivity contribution in [2.45, 2.75) is 0 Å². The van der Waals surface area contributed by atoms with Gasteiger partial charge in [0.25, 0.3) is 11.2 Å². The molecule has 0 aliphatic rings. The van der Waals surface area contributed by atoms with Crippen LogP contribution in [0.5, 0.6) is 0 Å². The number of H-pyrrole nitrogens is 1. The van der Waals surface area contributed by atoms with Gasteiger partial charge in [-0.1, -0.05) is 0 Å². The summed E-state index contributed by atoms with van der Waals surface area (Å²) in [7, 11) is -3.76. The monoisotopic (exact) mass is 392 g/mol. The lowest BCUT2D eigenvalue weighted by Gasteiger charge is -2.10. The Morgan fingerprint density at radius 2 is 2.04 bits per heavy atom. The zero-order chi connectivity index (χ0) is 19.9. The fourth-order valence-corrected chi connectivity index (χ4v) is 2.85. The zero-order valence-corrected chi connectivity index (χ0v) is 14.5. The van der Waals surface area contributed by atoms with Gasteiger partial charge in [0.2, 0.25) is 21.3 Å². The average Bonchev–Trinajstić information content (AvgIpc) is 2.55. The molecule has 0 spiro atoms. The molecule has 140 valence electrons. The minimum absolute atomic E-state index is 0.0176. The van der Waals surface area contributed by atoms with Gasteiger partial charge < -0.3 is 15.3 Å². The number of nitro groups is 1. The molecule has 1 aromatic carbocycles. The minimum atomic E-state index is -3.76. The molecule has 0 saturated heterocycles. The molecule has 3 rings (SSSR count). The number of rotatable bonds is 4. The number of hydrogen-bond acceptors (Lipinski definition) is 8. The van der Waals surface area contributed by atoms with Crippen LogP contribution in [-0.2, 0) is 10.0 Å². The number of nitrogens with one attached hydrogen (secondary N) is 2. The summed E-state index contributed by atoms with van der Waals surface area (Å²) in [5.41, 5.74) is 3.88. The number of nitrogens with two attached hydrogens (primary N) is 1. The molecule has 0 amide bonds. The molecule has 0 saturated carbocycles. The van der Waals surface area contributed by atoms with Crippen molar-refractivity contribution >= 4 is 38.2 Å². The van der Waals surface area contributed by atoms with Gasteiger partial charge in [-0.15, -0.1) is 0 Å². The maximum Gasteiger partial charge on any atom is 0.295 e. The Bertz CT molecular complexity index is 1310. The van der Waals surface area contributed by atoms with Crippen LogP contribution < -0.4 is 21.4 Å². The molecule has 0 aliphatic heterocycles. The summed E-state index contributed by atoms with van der Waals surface area (Å²) in [6.45, 7) is 0. The van der Waals surface area contributed by atoms with Gasteiger partial charge in [-0.3, -0.25) is 24.4 Å². The van der Waals surface area contributed by atoms with Crippen LogP contribution in [0.2, 0.25) is 0 Å². The second-order valence-electron chi connectivity index (χ2n) is 5.58. The number of pyridine rings is 1. The first-order chi connectivity index (χ1) is 12.5. The number of fused-ring (bicyclic) bond motifs is 1. The Labute approximate surface area is 150 Å². The van der Waals surface area contributed by atoms with Crippen LogP contribution in [0, 0.1) is 10.1 Å². The highest BCUT2D eigenvalue weighted by atomic mass is 32.2. The van der Waals surface area contributed by atoms with E-state index in [0.29, 0.717) is 0 Å². The SMILES string of the molecule is CS(=O)(=O)Nc1nc2cc(-n3ccc(=O)c(N)c3)c([N+](=O)[O-])cc2[nH]c1=O. The highest BCUT2D eigenvalue weighted by Crippen LogP contribution is 2.27. The molecule has 2 aromatic heterocycles. The lowest BCUT2D eigenvalue weighted by Crippen LogP contribution is -2.20. The summed E-state index contributed by atoms with van der Waals surface area (Å²) in [4.78, 5) is 40.4. The van der Waals surface area contributed by atoms with Crippen LogP contribution in [0.15, 0.2) is 40.2 Å². The number of nitro benzene ring substituents is 1. The topological polar surface area (TPSA) is 183 Å². The number of nitrogen functional groups attached to an aromatic ring is 1. The molecule has 0 radical (unpaired) electrons. The predicted octanol–water partition coefficient (Wildman–Crippen LogP) is -0.0641. The zero-order valence-electron chi connectivity index (χ0n) is 13.7. The van der Waals surface area contributed by atoms with Crippen molar-refractivity contribution in [3.05, 3.63) is 61.3 Å². The number of hydrogen-bond donors (Lipinski definition) is 3. The largest absolute Gasteiger partial charge is 0.394 e. The smallest absolute Gasteiger partial charge is 0.295 e. The second-order valence-corrected chi connectivity index (χ2v) is 7.32. The van der Waals surface area contributed by atoms with Gasteiger partial charge in [0.15, 0.2) is 0 Å². The van der Waals surface area contributed by atoms with Crippen molar-refractivity contribution < 1.29 is 13.3 Å². The first-order valence-corrected chi connectivity index (χ1v) is 9.13. The standard InChI is InChI=1S/C14H12N6O6S/c1-27(25,26)18-13-14(22)17-9-5-11(20(23)24)10(4-8(9)16-13)19-3-2-12(21)7(15)6-19/h2-6H,15H2,1H3,(H,16,18)(H,17,22). The summed E-state index contributed by atoms with van der Waals surface area (Å²) in [6, 6.07) is 3.48. The number of nitrogens with zero attached hydrogens (tertiary/aromatic N) is 3. The molecule has 3 aromatic rings. The van der Waals surface area contributed by atoms with Crippen molar-refractivity contribution in [3.63, 3.8) is 0 Å². The summed E-state index contributed by atoms with van der Waals surface area (Å²) in [5, 5.41) is 11.4. The Morgan fingerprint density at radius 3 is 2.63 bits per heavy atom. The fraction of sp³-hybridized carbons (Fsp3) is 0.0714. The van der Waals surface area contributed by atoms with Crippen molar-refractivity contribution in [3.8, 4) is 5.69 Å². The first kappa shape index (κ1) is 18.1. The molecule has 27 heavy (non-hydrogen) atoms.